The molecule has 0 N–H and O–H groups in total. The fraction of sp³-hybridized carbons (Fsp3) is 0.846. The summed E-state index contributed by atoms with van der Waals surface area (Å²) < 4.78 is 2.05. The maximum atomic E-state index is 4.34. The summed E-state index contributed by atoms with van der Waals surface area (Å²) in [5.74, 6) is 0. The Morgan fingerprint density at radius 3 is 2.38 bits per heavy atom. The molecule has 0 radical (unpaired) electrons. The van der Waals surface area contributed by atoms with Gasteiger partial charge < -0.3 is 0 Å². The minimum absolute atomic E-state index is 0.287. The predicted octanol–water partition coefficient (Wildman–Crippen LogP) is 3.23. The predicted molar refractivity (Wildman–Crippen MR) is 67.5 cm³/mol. The van der Waals surface area contributed by atoms with E-state index in [4.69, 9.17) is 0 Å². The molecule has 0 aromatic carbocycles. The number of aryl methyl sites for hydroxylation is 1. The first-order valence-corrected chi connectivity index (χ1v) is 6.39. The van der Waals surface area contributed by atoms with Crippen LogP contribution in [-0.2, 0) is 19.4 Å². The number of hydrogen-bond acceptors (Lipinski definition) is 2. The van der Waals surface area contributed by atoms with Crippen molar-refractivity contribution in [3.8, 4) is 0 Å². The van der Waals surface area contributed by atoms with Crippen molar-refractivity contribution in [3.05, 3.63) is 11.4 Å². The van der Waals surface area contributed by atoms with Crippen LogP contribution < -0.4 is 0 Å². The van der Waals surface area contributed by atoms with Gasteiger partial charge in [-0.25, -0.2) is 4.68 Å². The fourth-order valence-corrected chi connectivity index (χ4v) is 1.88. The van der Waals surface area contributed by atoms with E-state index >= 15 is 0 Å². The van der Waals surface area contributed by atoms with Gasteiger partial charge in [-0.15, -0.1) is 5.10 Å². The molecular weight excluding hydrogens is 198 g/mol. The molecule has 16 heavy (non-hydrogen) atoms. The maximum absolute atomic E-state index is 4.34. The molecule has 92 valence electrons. The van der Waals surface area contributed by atoms with Gasteiger partial charge in [0.1, 0.15) is 0 Å². The van der Waals surface area contributed by atoms with Crippen LogP contribution in [0.25, 0.3) is 0 Å². The maximum Gasteiger partial charge on any atom is 0.0864 e. The first kappa shape index (κ1) is 13.2. The molecule has 1 aromatic rings. The van der Waals surface area contributed by atoms with Gasteiger partial charge in [0.15, 0.2) is 0 Å². The van der Waals surface area contributed by atoms with Crippen molar-refractivity contribution in [2.24, 2.45) is 5.41 Å². The number of unbranched alkanes of at least 4 members (excludes halogenated alkanes) is 1. The molecule has 1 rings (SSSR count). The van der Waals surface area contributed by atoms with Gasteiger partial charge in [0.2, 0.25) is 0 Å². The van der Waals surface area contributed by atoms with Gasteiger partial charge in [-0.05, 0) is 31.6 Å². The molecule has 1 aromatic heterocycles. The summed E-state index contributed by atoms with van der Waals surface area (Å²) in [7, 11) is 0. The molecule has 0 saturated carbocycles. The van der Waals surface area contributed by atoms with Gasteiger partial charge in [-0.3, -0.25) is 0 Å². The first-order valence-electron chi connectivity index (χ1n) is 6.39. The van der Waals surface area contributed by atoms with Crippen molar-refractivity contribution in [2.75, 3.05) is 0 Å². The lowest BCUT2D eigenvalue weighted by Crippen LogP contribution is -2.12. The second kappa shape index (κ2) is 5.46. The molecule has 0 spiro atoms. The van der Waals surface area contributed by atoms with Crippen molar-refractivity contribution in [3.63, 3.8) is 0 Å². The lowest BCUT2D eigenvalue weighted by Gasteiger charge is -2.17. The van der Waals surface area contributed by atoms with Crippen molar-refractivity contribution in [2.45, 2.75) is 66.8 Å². The van der Waals surface area contributed by atoms with Crippen LogP contribution in [0.1, 0.15) is 58.8 Å². The number of rotatable bonds is 5. The van der Waals surface area contributed by atoms with E-state index in [0.29, 0.717) is 0 Å². The van der Waals surface area contributed by atoms with Gasteiger partial charge >= 0.3 is 0 Å². The minimum atomic E-state index is 0.287. The Labute approximate surface area is 99.2 Å². The molecule has 0 aliphatic rings. The van der Waals surface area contributed by atoms with Gasteiger partial charge in [-0.1, -0.05) is 39.3 Å². The molecule has 3 heteroatoms. The lowest BCUT2D eigenvalue weighted by molar-refractivity contribution is 0.404. The number of hydrogen-bond donors (Lipinski definition) is 0. The highest BCUT2D eigenvalue weighted by atomic mass is 15.4. The third-order valence-corrected chi connectivity index (χ3v) is 2.68. The summed E-state index contributed by atoms with van der Waals surface area (Å²) in [6.45, 7) is 12.0. The summed E-state index contributed by atoms with van der Waals surface area (Å²) >= 11 is 0. The van der Waals surface area contributed by atoms with Gasteiger partial charge in [0, 0.05) is 6.54 Å². The second-order valence-electron chi connectivity index (χ2n) is 5.64. The summed E-state index contributed by atoms with van der Waals surface area (Å²) in [5.41, 5.74) is 2.83. The summed E-state index contributed by atoms with van der Waals surface area (Å²) in [6.07, 6.45) is 4.59. The fourth-order valence-electron chi connectivity index (χ4n) is 1.88. The Morgan fingerprint density at radius 1 is 1.19 bits per heavy atom. The highest BCUT2D eigenvalue weighted by molar-refractivity contribution is 5.12. The average molecular weight is 223 g/mol. The lowest BCUT2D eigenvalue weighted by atomic mass is 9.89. The molecule has 0 atom stereocenters. The van der Waals surface area contributed by atoms with E-state index in [1.54, 1.807) is 0 Å². The van der Waals surface area contributed by atoms with E-state index in [-0.39, 0.29) is 5.41 Å². The van der Waals surface area contributed by atoms with E-state index in [1.165, 1.54) is 24.2 Å². The van der Waals surface area contributed by atoms with Crippen LogP contribution in [0, 0.1) is 5.41 Å². The van der Waals surface area contributed by atoms with E-state index in [9.17, 15) is 0 Å². The van der Waals surface area contributed by atoms with E-state index in [2.05, 4.69) is 49.6 Å². The van der Waals surface area contributed by atoms with Gasteiger partial charge in [0.05, 0.1) is 11.4 Å². The summed E-state index contributed by atoms with van der Waals surface area (Å²) in [6, 6.07) is 0. The Kier molecular flexibility index (Phi) is 4.51. The summed E-state index contributed by atoms with van der Waals surface area (Å²) in [5, 5.41) is 8.58. The van der Waals surface area contributed by atoms with Crippen LogP contribution in [0.4, 0.5) is 0 Å². The zero-order chi connectivity index (χ0) is 12.2. The van der Waals surface area contributed by atoms with E-state index in [1.807, 2.05) is 0 Å². The molecule has 0 aliphatic carbocycles. The molecule has 0 unspecified atom stereocenters. The Balaban J connectivity index is 2.86. The van der Waals surface area contributed by atoms with Crippen LogP contribution in [0.3, 0.4) is 0 Å². The Bertz CT molecular complexity index is 320. The zero-order valence-electron chi connectivity index (χ0n) is 11.4. The van der Waals surface area contributed by atoms with Crippen molar-refractivity contribution in [1.29, 1.82) is 0 Å². The molecule has 0 aliphatic heterocycles. The van der Waals surface area contributed by atoms with Crippen molar-refractivity contribution < 1.29 is 0 Å². The zero-order valence-corrected chi connectivity index (χ0v) is 11.4. The molecular formula is C13H25N3. The SMILES string of the molecule is CCCCc1c(CC(C)(C)C)nnn1CC. The smallest absolute Gasteiger partial charge is 0.0864 e. The summed E-state index contributed by atoms with van der Waals surface area (Å²) in [4.78, 5) is 0. The van der Waals surface area contributed by atoms with Crippen molar-refractivity contribution in [1.82, 2.24) is 15.0 Å². The van der Waals surface area contributed by atoms with Gasteiger partial charge in [-0.2, -0.15) is 0 Å². The van der Waals surface area contributed by atoms with Gasteiger partial charge in [0.25, 0.3) is 0 Å². The largest absolute Gasteiger partial charge is 0.249 e. The number of aromatic nitrogens is 3. The first-order chi connectivity index (χ1) is 7.48. The topological polar surface area (TPSA) is 30.7 Å². The highest BCUT2D eigenvalue weighted by Crippen LogP contribution is 2.22. The minimum Gasteiger partial charge on any atom is -0.249 e. The normalized spacial score (nSPS) is 12.1. The van der Waals surface area contributed by atoms with Crippen LogP contribution in [-0.4, -0.2) is 15.0 Å². The third kappa shape index (κ3) is 3.62. The van der Waals surface area contributed by atoms with Crippen LogP contribution >= 0.6 is 0 Å². The molecule has 0 amide bonds. The number of nitrogens with zero attached hydrogens (tertiary/aromatic N) is 3. The highest BCUT2D eigenvalue weighted by Gasteiger charge is 2.18. The molecule has 3 nitrogen and oxygen atoms in total. The standard InChI is InChI=1S/C13H25N3/c1-6-8-9-12-11(10-13(3,4)5)14-15-16(12)7-2/h6-10H2,1-5H3. The molecule has 0 saturated heterocycles. The Hall–Kier alpha value is -0.860. The second-order valence-corrected chi connectivity index (χ2v) is 5.64. The van der Waals surface area contributed by atoms with E-state index < -0.39 is 0 Å². The van der Waals surface area contributed by atoms with Crippen LogP contribution in [0.5, 0.6) is 0 Å². The van der Waals surface area contributed by atoms with Crippen LogP contribution in [0.2, 0.25) is 0 Å². The molecule has 0 fully saturated rings. The van der Waals surface area contributed by atoms with Crippen molar-refractivity contribution >= 4 is 0 Å². The molecule has 1 heterocycles. The quantitative estimate of drug-likeness (QED) is 0.767. The monoisotopic (exact) mass is 223 g/mol. The Morgan fingerprint density at radius 2 is 1.88 bits per heavy atom. The third-order valence-electron chi connectivity index (χ3n) is 2.68. The average Bonchev–Trinajstić information content (AvgIpc) is 2.55. The van der Waals surface area contributed by atoms with E-state index in [0.717, 1.165) is 19.4 Å². The van der Waals surface area contributed by atoms with Crippen LogP contribution in [0.15, 0.2) is 0 Å². The molecule has 0 bridgehead atoms.